The van der Waals surface area contributed by atoms with Gasteiger partial charge in [-0.25, -0.2) is 4.98 Å². The molecular weight excluding hydrogens is 217 g/mol. The van der Waals surface area contributed by atoms with Crippen molar-refractivity contribution in [3.63, 3.8) is 0 Å². The predicted molar refractivity (Wildman–Crippen MR) is 55.9 cm³/mol. The molecule has 0 fully saturated rings. The Morgan fingerprint density at radius 1 is 1.19 bits per heavy atom. The van der Waals surface area contributed by atoms with Crippen LogP contribution in [0.3, 0.4) is 0 Å². The molecule has 0 unspecified atom stereocenters. The van der Waals surface area contributed by atoms with Crippen LogP contribution in [0.1, 0.15) is 11.1 Å². The van der Waals surface area contributed by atoms with Gasteiger partial charge in [0, 0.05) is 5.39 Å². The molecule has 84 valence electrons. The third-order valence-corrected chi connectivity index (χ3v) is 2.37. The van der Waals surface area contributed by atoms with E-state index in [2.05, 4.69) is 4.98 Å². The molecule has 2 nitrogen and oxygen atoms in total. The number of anilines is 1. The van der Waals surface area contributed by atoms with Gasteiger partial charge in [-0.3, -0.25) is 0 Å². The van der Waals surface area contributed by atoms with Gasteiger partial charge >= 0.3 is 6.18 Å². The number of fused-ring (bicyclic) bond motifs is 1. The van der Waals surface area contributed by atoms with Crippen LogP contribution in [-0.4, -0.2) is 4.98 Å². The highest BCUT2D eigenvalue weighted by atomic mass is 19.4. The van der Waals surface area contributed by atoms with Crippen LogP contribution in [0.2, 0.25) is 0 Å². The van der Waals surface area contributed by atoms with E-state index in [0.29, 0.717) is 22.3 Å². The fraction of sp³-hybridized carbons (Fsp3) is 0.182. The monoisotopic (exact) mass is 226 g/mol. The van der Waals surface area contributed by atoms with E-state index < -0.39 is 11.7 Å². The summed E-state index contributed by atoms with van der Waals surface area (Å²) in [4.78, 5) is 4.01. The third kappa shape index (κ3) is 1.80. The topological polar surface area (TPSA) is 38.9 Å². The van der Waals surface area contributed by atoms with Crippen LogP contribution in [0.15, 0.2) is 24.3 Å². The van der Waals surface area contributed by atoms with E-state index in [4.69, 9.17) is 5.73 Å². The normalized spacial score (nSPS) is 12.0. The Kier molecular flexibility index (Phi) is 2.26. The second-order valence-electron chi connectivity index (χ2n) is 3.60. The van der Waals surface area contributed by atoms with Crippen LogP contribution >= 0.6 is 0 Å². The molecule has 0 saturated heterocycles. The average molecular weight is 226 g/mol. The van der Waals surface area contributed by atoms with Crippen molar-refractivity contribution in [1.82, 2.24) is 4.98 Å². The van der Waals surface area contributed by atoms with E-state index in [1.807, 2.05) is 0 Å². The molecule has 1 heterocycles. The van der Waals surface area contributed by atoms with Gasteiger partial charge in [0.15, 0.2) is 0 Å². The molecule has 0 saturated carbocycles. The molecule has 5 heteroatoms. The zero-order valence-corrected chi connectivity index (χ0v) is 8.47. The lowest BCUT2D eigenvalue weighted by Gasteiger charge is -2.08. The number of hydrogen-bond donors (Lipinski definition) is 1. The maximum Gasteiger partial charge on any atom is 0.416 e. The average Bonchev–Trinajstić information content (AvgIpc) is 2.17. The number of hydrogen-bond acceptors (Lipinski definition) is 2. The summed E-state index contributed by atoms with van der Waals surface area (Å²) in [7, 11) is 0. The van der Waals surface area contributed by atoms with Gasteiger partial charge in [0.2, 0.25) is 0 Å². The van der Waals surface area contributed by atoms with Crippen LogP contribution in [-0.2, 0) is 6.18 Å². The number of aryl methyl sites for hydroxylation is 1. The van der Waals surface area contributed by atoms with E-state index in [9.17, 15) is 13.2 Å². The minimum absolute atomic E-state index is 0.340. The first kappa shape index (κ1) is 10.7. The molecule has 0 bridgehead atoms. The molecule has 0 spiro atoms. The lowest BCUT2D eigenvalue weighted by molar-refractivity contribution is -0.137. The summed E-state index contributed by atoms with van der Waals surface area (Å²) in [6, 6.07) is 5.01. The summed E-state index contributed by atoms with van der Waals surface area (Å²) in [6.45, 7) is 1.71. The van der Waals surface area contributed by atoms with E-state index in [1.54, 1.807) is 13.0 Å². The van der Waals surface area contributed by atoms with Crippen molar-refractivity contribution in [3.05, 3.63) is 35.4 Å². The number of rotatable bonds is 0. The smallest absolute Gasteiger partial charge is 0.383 e. The molecule has 0 aliphatic carbocycles. The molecule has 1 aromatic heterocycles. The van der Waals surface area contributed by atoms with Crippen molar-refractivity contribution < 1.29 is 13.2 Å². The van der Waals surface area contributed by atoms with Gasteiger partial charge in [-0.1, -0.05) is 0 Å². The Labute approximate surface area is 89.9 Å². The number of alkyl halides is 3. The van der Waals surface area contributed by atoms with Crippen molar-refractivity contribution >= 4 is 16.7 Å². The SMILES string of the molecule is Cc1cc2cc(C(F)(F)F)ccc2nc1N. The van der Waals surface area contributed by atoms with Gasteiger partial charge in [0.1, 0.15) is 5.82 Å². The summed E-state index contributed by atoms with van der Waals surface area (Å²) < 4.78 is 37.4. The predicted octanol–water partition coefficient (Wildman–Crippen LogP) is 3.14. The summed E-state index contributed by atoms with van der Waals surface area (Å²) in [6.07, 6.45) is -4.33. The first-order chi connectivity index (χ1) is 7.38. The van der Waals surface area contributed by atoms with E-state index in [0.717, 1.165) is 12.1 Å². The summed E-state index contributed by atoms with van der Waals surface area (Å²) >= 11 is 0. The number of nitrogen functional groups attached to an aromatic ring is 1. The highest BCUT2D eigenvalue weighted by Crippen LogP contribution is 2.31. The van der Waals surface area contributed by atoms with Gasteiger partial charge in [0.25, 0.3) is 0 Å². The van der Waals surface area contributed by atoms with Crippen LogP contribution < -0.4 is 5.73 Å². The zero-order chi connectivity index (χ0) is 11.9. The third-order valence-electron chi connectivity index (χ3n) is 2.37. The van der Waals surface area contributed by atoms with Crippen molar-refractivity contribution in [3.8, 4) is 0 Å². The van der Waals surface area contributed by atoms with Gasteiger partial charge in [0.05, 0.1) is 11.1 Å². The Balaban J connectivity index is 2.67. The Morgan fingerprint density at radius 2 is 1.88 bits per heavy atom. The molecular formula is C11H9F3N2. The first-order valence-corrected chi connectivity index (χ1v) is 4.62. The van der Waals surface area contributed by atoms with E-state index in [-0.39, 0.29) is 0 Å². The molecule has 0 atom stereocenters. The standard InChI is InChI=1S/C11H9F3N2/c1-6-4-7-5-8(11(12,13)14)2-3-9(7)16-10(6)15/h2-5H,1H3,(H2,15,16). The molecule has 2 N–H and O–H groups in total. The van der Waals surface area contributed by atoms with Gasteiger partial charge in [-0.2, -0.15) is 13.2 Å². The van der Waals surface area contributed by atoms with Crippen molar-refractivity contribution in [2.75, 3.05) is 5.73 Å². The number of pyridine rings is 1. The molecule has 2 rings (SSSR count). The molecule has 16 heavy (non-hydrogen) atoms. The summed E-state index contributed by atoms with van der Waals surface area (Å²) in [5, 5.41) is 0.446. The van der Waals surface area contributed by atoms with Gasteiger partial charge in [-0.15, -0.1) is 0 Å². The van der Waals surface area contributed by atoms with E-state index >= 15 is 0 Å². The van der Waals surface area contributed by atoms with Crippen LogP contribution in [0, 0.1) is 6.92 Å². The number of aromatic nitrogens is 1. The number of nitrogens with two attached hydrogens (primary N) is 1. The highest BCUT2D eigenvalue weighted by Gasteiger charge is 2.30. The van der Waals surface area contributed by atoms with Gasteiger partial charge in [-0.05, 0) is 36.8 Å². The van der Waals surface area contributed by atoms with Crippen molar-refractivity contribution in [2.24, 2.45) is 0 Å². The minimum atomic E-state index is -4.33. The maximum atomic E-state index is 12.5. The first-order valence-electron chi connectivity index (χ1n) is 4.62. The minimum Gasteiger partial charge on any atom is -0.383 e. The Bertz CT molecular complexity index is 547. The zero-order valence-electron chi connectivity index (χ0n) is 8.47. The second kappa shape index (κ2) is 3.37. The Hall–Kier alpha value is -1.78. The molecule has 0 aliphatic heterocycles. The summed E-state index contributed by atoms with van der Waals surface area (Å²) in [5.74, 6) is 0.340. The molecule has 2 aromatic rings. The molecule has 0 radical (unpaired) electrons. The molecule has 1 aromatic carbocycles. The van der Waals surface area contributed by atoms with Crippen LogP contribution in [0.4, 0.5) is 19.0 Å². The fourth-order valence-corrected chi connectivity index (χ4v) is 1.47. The highest BCUT2D eigenvalue weighted by molar-refractivity contribution is 5.82. The fourth-order valence-electron chi connectivity index (χ4n) is 1.47. The van der Waals surface area contributed by atoms with Crippen LogP contribution in [0.25, 0.3) is 10.9 Å². The van der Waals surface area contributed by atoms with Gasteiger partial charge < -0.3 is 5.73 Å². The Morgan fingerprint density at radius 3 is 2.50 bits per heavy atom. The van der Waals surface area contributed by atoms with E-state index in [1.165, 1.54) is 6.07 Å². The number of halogens is 3. The van der Waals surface area contributed by atoms with Crippen molar-refractivity contribution in [1.29, 1.82) is 0 Å². The quantitative estimate of drug-likeness (QED) is 0.749. The lowest BCUT2D eigenvalue weighted by Crippen LogP contribution is -2.04. The maximum absolute atomic E-state index is 12.5. The van der Waals surface area contributed by atoms with Crippen LogP contribution in [0.5, 0.6) is 0 Å². The number of benzene rings is 1. The lowest BCUT2D eigenvalue weighted by atomic mass is 10.1. The molecule has 0 amide bonds. The summed E-state index contributed by atoms with van der Waals surface area (Å²) in [5.41, 5.74) is 6.04. The second-order valence-corrected chi connectivity index (χ2v) is 3.60. The van der Waals surface area contributed by atoms with Crippen molar-refractivity contribution in [2.45, 2.75) is 13.1 Å². The number of nitrogens with zero attached hydrogens (tertiary/aromatic N) is 1. The largest absolute Gasteiger partial charge is 0.416 e. The molecule has 0 aliphatic rings.